The van der Waals surface area contributed by atoms with Gasteiger partial charge in [0.1, 0.15) is 0 Å². The Morgan fingerprint density at radius 2 is 1.47 bits per heavy atom. The van der Waals surface area contributed by atoms with Crippen LogP contribution in [-0.4, -0.2) is 51.9 Å². The lowest BCUT2D eigenvalue weighted by atomic mass is 9.92. The molecule has 0 radical (unpaired) electrons. The number of benzene rings is 2. The lowest BCUT2D eigenvalue weighted by Gasteiger charge is -2.35. The van der Waals surface area contributed by atoms with Gasteiger partial charge in [0.15, 0.2) is 0 Å². The summed E-state index contributed by atoms with van der Waals surface area (Å²) >= 11 is 0. The molecule has 3 rings (SSSR count). The first-order valence-corrected chi connectivity index (χ1v) is 12.6. The number of anilines is 2. The number of amides is 1. The highest BCUT2D eigenvalue weighted by molar-refractivity contribution is 7.89. The van der Waals surface area contributed by atoms with Gasteiger partial charge in [-0.15, -0.1) is 0 Å². The Balaban J connectivity index is 1.60. The van der Waals surface area contributed by atoms with Gasteiger partial charge in [-0.1, -0.05) is 45.9 Å². The minimum absolute atomic E-state index is 0.00551. The number of carbonyl (C=O) groups excluding carboxylic acids is 1. The van der Waals surface area contributed by atoms with Crippen LogP contribution < -0.4 is 15.4 Å². The van der Waals surface area contributed by atoms with Crippen LogP contribution in [0.25, 0.3) is 0 Å². The average molecular weight is 459 g/mol. The molecule has 174 valence electrons. The molecule has 1 aliphatic heterocycles. The third kappa shape index (κ3) is 5.88. The molecule has 8 heteroatoms. The van der Waals surface area contributed by atoms with Crippen molar-refractivity contribution in [3.63, 3.8) is 0 Å². The van der Waals surface area contributed by atoms with Crippen molar-refractivity contribution in [1.29, 1.82) is 0 Å². The smallest absolute Gasteiger partial charge is 0.238 e. The van der Waals surface area contributed by atoms with E-state index in [1.807, 2.05) is 0 Å². The van der Waals surface area contributed by atoms with Crippen LogP contribution in [0.1, 0.15) is 50.7 Å². The van der Waals surface area contributed by atoms with Crippen molar-refractivity contribution in [3.05, 3.63) is 53.6 Å². The third-order valence-electron chi connectivity index (χ3n) is 5.91. The van der Waals surface area contributed by atoms with E-state index in [2.05, 4.69) is 61.0 Å². The van der Waals surface area contributed by atoms with E-state index in [9.17, 15) is 13.2 Å². The highest BCUT2D eigenvalue weighted by atomic mass is 32.2. The fourth-order valence-corrected chi connectivity index (χ4v) is 4.60. The van der Waals surface area contributed by atoms with E-state index in [4.69, 9.17) is 5.14 Å². The lowest BCUT2D eigenvalue weighted by molar-refractivity contribution is -0.117. The van der Waals surface area contributed by atoms with Crippen LogP contribution in [0.15, 0.2) is 47.4 Å². The second kappa shape index (κ2) is 10.0. The Bertz CT molecular complexity index is 1020. The van der Waals surface area contributed by atoms with E-state index in [1.54, 1.807) is 12.1 Å². The van der Waals surface area contributed by atoms with Gasteiger partial charge in [-0.25, -0.2) is 13.6 Å². The van der Waals surface area contributed by atoms with Crippen molar-refractivity contribution in [1.82, 2.24) is 4.90 Å². The Morgan fingerprint density at radius 3 is 1.94 bits per heavy atom. The molecular formula is C24H34N4O3S. The summed E-state index contributed by atoms with van der Waals surface area (Å²) in [6.45, 7) is 12.0. The normalized spacial score (nSPS) is 15.4. The number of nitrogens with two attached hydrogens (primary N) is 1. The molecule has 2 aromatic carbocycles. The van der Waals surface area contributed by atoms with Crippen molar-refractivity contribution in [3.8, 4) is 0 Å². The van der Waals surface area contributed by atoms with Crippen LogP contribution >= 0.6 is 0 Å². The second-order valence-corrected chi connectivity index (χ2v) is 10.5. The van der Waals surface area contributed by atoms with Gasteiger partial charge < -0.3 is 10.2 Å². The molecule has 2 aromatic rings. The predicted molar refractivity (Wildman–Crippen MR) is 130 cm³/mol. The SMILES string of the molecule is CC(C)c1cccc(C(C)C)c1NC(=O)CN1CCN(c2ccc(S(N)(=O)=O)cc2)CC1. The van der Waals surface area contributed by atoms with Crippen LogP contribution in [0.5, 0.6) is 0 Å². The summed E-state index contributed by atoms with van der Waals surface area (Å²) in [6.07, 6.45) is 0. The number of carbonyl (C=O) groups is 1. The number of sulfonamides is 1. The van der Waals surface area contributed by atoms with Crippen LogP contribution in [0, 0.1) is 0 Å². The zero-order chi connectivity index (χ0) is 23.5. The molecule has 0 aromatic heterocycles. The van der Waals surface area contributed by atoms with E-state index >= 15 is 0 Å². The fraction of sp³-hybridized carbons (Fsp3) is 0.458. The minimum Gasteiger partial charge on any atom is -0.369 e. The van der Waals surface area contributed by atoms with Crippen LogP contribution in [0.2, 0.25) is 0 Å². The van der Waals surface area contributed by atoms with Crippen LogP contribution in [0.3, 0.4) is 0 Å². The van der Waals surface area contributed by atoms with E-state index in [0.29, 0.717) is 18.4 Å². The molecule has 1 amide bonds. The Labute approximate surface area is 191 Å². The van der Waals surface area contributed by atoms with Gasteiger partial charge in [-0.05, 0) is 47.2 Å². The minimum atomic E-state index is -3.69. The van der Waals surface area contributed by atoms with Crippen molar-refractivity contribution < 1.29 is 13.2 Å². The highest BCUT2D eigenvalue weighted by Crippen LogP contribution is 2.32. The Morgan fingerprint density at radius 1 is 0.938 bits per heavy atom. The number of nitrogens with zero attached hydrogens (tertiary/aromatic N) is 2. The van der Waals surface area contributed by atoms with Gasteiger partial charge in [0.2, 0.25) is 15.9 Å². The summed E-state index contributed by atoms with van der Waals surface area (Å²) in [5, 5.41) is 8.36. The molecule has 7 nitrogen and oxygen atoms in total. The maximum Gasteiger partial charge on any atom is 0.238 e. The summed E-state index contributed by atoms with van der Waals surface area (Å²) in [5.74, 6) is 0.660. The van der Waals surface area contributed by atoms with E-state index in [0.717, 1.165) is 48.7 Å². The first-order valence-electron chi connectivity index (χ1n) is 11.1. The summed E-state index contributed by atoms with van der Waals surface area (Å²) in [5.41, 5.74) is 4.24. The molecule has 0 atom stereocenters. The van der Waals surface area contributed by atoms with E-state index in [-0.39, 0.29) is 10.8 Å². The van der Waals surface area contributed by atoms with Gasteiger partial charge in [0, 0.05) is 37.6 Å². The third-order valence-corrected chi connectivity index (χ3v) is 6.84. The fourth-order valence-electron chi connectivity index (χ4n) is 4.09. The first kappa shape index (κ1) is 24.2. The molecule has 0 bridgehead atoms. The highest BCUT2D eigenvalue weighted by Gasteiger charge is 2.21. The molecule has 1 aliphatic rings. The number of rotatable bonds is 7. The van der Waals surface area contributed by atoms with E-state index in [1.165, 1.54) is 12.1 Å². The summed E-state index contributed by atoms with van der Waals surface area (Å²) in [4.78, 5) is 17.3. The number of primary sulfonamides is 1. The quantitative estimate of drug-likeness (QED) is 0.663. The molecule has 1 heterocycles. The number of hydrogen-bond donors (Lipinski definition) is 2. The Hall–Kier alpha value is -2.42. The first-order chi connectivity index (χ1) is 15.1. The van der Waals surface area contributed by atoms with Crippen molar-refractivity contribution in [2.75, 3.05) is 42.9 Å². The molecule has 32 heavy (non-hydrogen) atoms. The zero-order valence-electron chi connectivity index (χ0n) is 19.3. The standard InChI is InChI=1S/C24H34N4O3S/c1-17(2)21-6-5-7-22(18(3)4)24(21)26-23(29)16-27-12-14-28(15-13-27)19-8-10-20(11-9-19)32(25,30)31/h5-11,17-18H,12-16H2,1-4H3,(H,26,29)(H2,25,30,31). The van der Waals surface area contributed by atoms with Crippen molar-refractivity contribution >= 4 is 27.3 Å². The monoisotopic (exact) mass is 458 g/mol. The van der Waals surface area contributed by atoms with Crippen molar-refractivity contribution in [2.24, 2.45) is 5.14 Å². The predicted octanol–water partition coefficient (Wildman–Crippen LogP) is 3.34. The summed E-state index contributed by atoms with van der Waals surface area (Å²) < 4.78 is 22.9. The van der Waals surface area contributed by atoms with Crippen molar-refractivity contribution in [2.45, 2.75) is 44.4 Å². The molecule has 1 saturated heterocycles. The Kier molecular flexibility index (Phi) is 7.59. The van der Waals surface area contributed by atoms with Gasteiger partial charge in [-0.3, -0.25) is 9.69 Å². The number of nitrogens with one attached hydrogen (secondary N) is 1. The molecule has 0 saturated carbocycles. The number of hydrogen-bond acceptors (Lipinski definition) is 5. The largest absolute Gasteiger partial charge is 0.369 e. The van der Waals surface area contributed by atoms with E-state index < -0.39 is 10.0 Å². The maximum atomic E-state index is 12.9. The molecule has 0 unspecified atom stereocenters. The summed E-state index contributed by atoms with van der Waals surface area (Å²) in [6, 6.07) is 12.9. The maximum absolute atomic E-state index is 12.9. The van der Waals surface area contributed by atoms with Gasteiger partial charge in [0.05, 0.1) is 11.4 Å². The number of piperazine rings is 1. The molecule has 0 spiro atoms. The molecular weight excluding hydrogens is 424 g/mol. The van der Waals surface area contributed by atoms with Gasteiger partial charge in [0.25, 0.3) is 0 Å². The molecule has 0 aliphatic carbocycles. The van der Waals surface area contributed by atoms with Gasteiger partial charge in [-0.2, -0.15) is 0 Å². The molecule has 3 N–H and O–H groups in total. The second-order valence-electron chi connectivity index (χ2n) is 8.97. The lowest BCUT2D eigenvalue weighted by Crippen LogP contribution is -2.48. The summed E-state index contributed by atoms with van der Waals surface area (Å²) in [7, 11) is -3.69. The van der Waals surface area contributed by atoms with Crippen LogP contribution in [-0.2, 0) is 14.8 Å². The molecule has 1 fully saturated rings. The zero-order valence-corrected chi connectivity index (χ0v) is 20.2. The average Bonchev–Trinajstić information content (AvgIpc) is 2.73. The van der Waals surface area contributed by atoms with Gasteiger partial charge >= 0.3 is 0 Å². The van der Waals surface area contributed by atoms with Crippen LogP contribution in [0.4, 0.5) is 11.4 Å². The number of para-hydroxylation sites is 1. The topological polar surface area (TPSA) is 95.7 Å².